The van der Waals surface area contributed by atoms with Gasteiger partial charge in [0.2, 0.25) is 5.88 Å². The van der Waals surface area contributed by atoms with Crippen LogP contribution in [0.15, 0.2) is 18.3 Å². The largest absolute Gasteiger partial charge is 0.490 e. The lowest BCUT2D eigenvalue weighted by Gasteiger charge is -2.10. The highest BCUT2D eigenvalue weighted by Crippen LogP contribution is 2.32. The molecular weight excluding hydrogens is 180 g/mol. The quantitative estimate of drug-likeness (QED) is 0.775. The molecule has 0 aliphatic heterocycles. The zero-order valence-corrected chi connectivity index (χ0v) is 8.19. The third-order valence-corrected chi connectivity index (χ3v) is 2.34. The van der Waals surface area contributed by atoms with Gasteiger partial charge in [-0.05, 0) is 18.9 Å². The van der Waals surface area contributed by atoms with Crippen LogP contribution >= 0.6 is 0 Å². The van der Waals surface area contributed by atoms with E-state index in [0.717, 1.165) is 18.6 Å². The van der Waals surface area contributed by atoms with Crippen molar-refractivity contribution < 1.29 is 9.47 Å². The van der Waals surface area contributed by atoms with Crippen molar-refractivity contribution in [3.63, 3.8) is 0 Å². The first kappa shape index (κ1) is 9.27. The fourth-order valence-electron chi connectivity index (χ4n) is 1.10. The molecule has 1 heterocycles. The summed E-state index contributed by atoms with van der Waals surface area (Å²) in [6.07, 6.45) is 3.75. The molecule has 76 valence electrons. The molecule has 0 bridgehead atoms. The van der Waals surface area contributed by atoms with Crippen LogP contribution in [0, 0.1) is 0 Å². The maximum absolute atomic E-state index is 5.88. The van der Waals surface area contributed by atoms with E-state index in [4.69, 9.17) is 15.2 Å². The molecule has 14 heavy (non-hydrogen) atoms. The molecule has 1 aliphatic carbocycles. The van der Waals surface area contributed by atoms with Crippen molar-refractivity contribution in [3.8, 4) is 11.6 Å². The van der Waals surface area contributed by atoms with Crippen molar-refractivity contribution in [3.05, 3.63) is 18.3 Å². The molecule has 0 atom stereocenters. The lowest BCUT2D eigenvalue weighted by Crippen LogP contribution is -2.29. The molecule has 0 unspecified atom stereocenters. The molecule has 1 fully saturated rings. The molecule has 4 heteroatoms. The Hall–Kier alpha value is -1.29. The van der Waals surface area contributed by atoms with E-state index in [1.54, 1.807) is 19.4 Å². The first-order valence-electron chi connectivity index (χ1n) is 4.64. The van der Waals surface area contributed by atoms with Crippen LogP contribution in [0.4, 0.5) is 0 Å². The number of rotatable bonds is 4. The predicted molar refractivity (Wildman–Crippen MR) is 52.4 cm³/mol. The number of hydrogen-bond donors (Lipinski definition) is 1. The van der Waals surface area contributed by atoms with Gasteiger partial charge >= 0.3 is 0 Å². The number of nitrogens with zero attached hydrogens (tertiary/aromatic N) is 1. The highest BCUT2D eigenvalue weighted by molar-refractivity contribution is 5.23. The second-order valence-electron chi connectivity index (χ2n) is 3.69. The molecule has 0 spiro atoms. The highest BCUT2D eigenvalue weighted by Gasteiger charge is 2.39. The van der Waals surface area contributed by atoms with Gasteiger partial charge in [-0.2, -0.15) is 0 Å². The van der Waals surface area contributed by atoms with Crippen LogP contribution in [-0.4, -0.2) is 24.2 Å². The van der Waals surface area contributed by atoms with Crippen molar-refractivity contribution >= 4 is 0 Å². The standard InChI is InChI=1S/C10H14N2O2/c1-13-9-3-2-8(6-12-9)14-7-10(11)4-5-10/h2-3,6H,4-5,7,11H2,1H3. The van der Waals surface area contributed by atoms with Crippen molar-refractivity contribution in [1.82, 2.24) is 4.98 Å². The topological polar surface area (TPSA) is 57.4 Å². The molecule has 4 nitrogen and oxygen atoms in total. The number of methoxy groups -OCH3 is 1. The Labute approximate surface area is 83.0 Å². The van der Waals surface area contributed by atoms with E-state index in [1.165, 1.54) is 0 Å². The van der Waals surface area contributed by atoms with Gasteiger partial charge in [-0.3, -0.25) is 0 Å². The van der Waals surface area contributed by atoms with E-state index in [0.29, 0.717) is 12.5 Å². The van der Waals surface area contributed by atoms with Crippen molar-refractivity contribution in [2.24, 2.45) is 5.73 Å². The summed E-state index contributed by atoms with van der Waals surface area (Å²) in [5.74, 6) is 1.33. The fourth-order valence-corrected chi connectivity index (χ4v) is 1.10. The molecule has 1 saturated carbocycles. The van der Waals surface area contributed by atoms with E-state index in [2.05, 4.69) is 4.98 Å². The average molecular weight is 194 g/mol. The lowest BCUT2D eigenvalue weighted by atomic mass is 10.3. The van der Waals surface area contributed by atoms with Crippen LogP contribution < -0.4 is 15.2 Å². The van der Waals surface area contributed by atoms with Gasteiger partial charge in [0.1, 0.15) is 12.4 Å². The predicted octanol–water partition coefficient (Wildman–Crippen LogP) is 0.960. The molecule has 0 amide bonds. The normalized spacial score (nSPS) is 17.6. The summed E-state index contributed by atoms with van der Waals surface area (Å²) in [7, 11) is 1.59. The minimum Gasteiger partial charge on any atom is -0.490 e. The SMILES string of the molecule is COc1ccc(OCC2(N)CC2)cn1. The number of aromatic nitrogens is 1. The van der Waals surface area contributed by atoms with Gasteiger partial charge in [0.15, 0.2) is 0 Å². The summed E-state index contributed by atoms with van der Waals surface area (Å²) < 4.78 is 10.4. The fraction of sp³-hybridized carbons (Fsp3) is 0.500. The van der Waals surface area contributed by atoms with E-state index in [1.807, 2.05) is 6.07 Å². The van der Waals surface area contributed by atoms with Gasteiger partial charge in [0.25, 0.3) is 0 Å². The zero-order valence-electron chi connectivity index (χ0n) is 8.19. The summed E-state index contributed by atoms with van der Waals surface area (Å²) >= 11 is 0. The van der Waals surface area contributed by atoms with Crippen molar-refractivity contribution in [2.45, 2.75) is 18.4 Å². The molecule has 0 radical (unpaired) electrons. The molecule has 1 aromatic rings. The minimum atomic E-state index is -0.0834. The average Bonchev–Trinajstić information content (AvgIpc) is 2.95. The summed E-state index contributed by atoms with van der Waals surface area (Å²) in [4.78, 5) is 4.03. The van der Waals surface area contributed by atoms with Gasteiger partial charge in [-0.1, -0.05) is 0 Å². The Bertz CT molecular complexity index is 306. The van der Waals surface area contributed by atoms with Crippen LogP contribution in [0.25, 0.3) is 0 Å². The molecule has 0 saturated heterocycles. The zero-order chi connectivity index (χ0) is 10.0. The third kappa shape index (κ3) is 2.14. The highest BCUT2D eigenvalue weighted by atomic mass is 16.5. The molecular formula is C10H14N2O2. The molecule has 2 rings (SSSR count). The van der Waals surface area contributed by atoms with Crippen molar-refractivity contribution in [2.75, 3.05) is 13.7 Å². The van der Waals surface area contributed by atoms with Crippen LogP contribution in [-0.2, 0) is 0 Å². The number of pyridine rings is 1. The van der Waals surface area contributed by atoms with Crippen LogP contribution in [0.1, 0.15) is 12.8 Å². The second-order valence-corrected chi connectivity index (χ2v) is 3.69. The van der Waals surface area contributed by atoms with Gasteiger partial charge in [0, 0.05) is 6.07 Å². The molecule has 1 aliphatic rings. The lowest BCUT2D eigenvalue weighted by molar-refractivity contribution is 0.277. The van der Waals surface area contributed by atoms with Gasteiger partial charge < -0.3 is 15.2 Å². The Kier molecular flexibility index (Phi) is 2.29. The maximum Gasteiger partial charge on any atom is 0.213 e. The molecule has 2 N–H and O–H groups in total. The minimum absolute atomic E-state index is 0.0834. The second kappa shape index (κ2) is 3.46. The van der Waals surface area contributed by atoms with Gasteiger partial charge in [-0.15, -0.1) is 0 Å². The van der Waals surface area contributed by atoms with E-state index in [-0.39, 0.29) is 5.54 Å². The van der Waals surface area contributed by atoms with E-state index < -0.39 is 0 Å². The van der Waals surface area contributed by atoms with Gasteiger partial charge in [-0.25, -0.2) is 4.98 Å². The number of hydrogen-bond acceptors (Lipinski definition) is 4. The Morgan fingerprint density at radius 2 is 2.29 bits per heavy atom. The Morgan fingerprint density at radius 3 is 2.79 bits per heavy atom. The van der Waals surface area contributed by atoms with Crippen molar-refractivity contribution in [1.29, 1.82) is 0 Å². The third-order valence-electron chi connectivity index (χ3n) is 2.34. The van der Waals surface area contributed by atoms with Crippen LogP contribution in [0.2, 0.25) is 0 Å². The summed E-state index contributed by atoms with van der Waals surface area (Å²) in [5, 5.41) is 0. The number of ether oxygens (including phenoxy) is 2. The molecule has 1 aromatic heterocycles. The first-order chi connectivity index (χ1) is 6.72. The summed E-state index contributed by atoms with van der Waals surface area (Å²) in [5.41, 5.74) is 5.80. The van der Waals surface area contributed by atoms with Crippen LogP contribution in [0.5, 0.6) is 11.6 Å². The number of nitrogens with two attached hydrogens (primary N) is 1. The summed E-state index contributed by atoms with van der Waals surface area (Å²) in [6, 6.07) is 3.60. The Morgan fingerprint density at radius 1 is 1.50 bits per heavy atom. The van der Waals surface area contributed by atoms with Crippen LogP contribution in [0.3, 0.4) is 0 Å². The Balaban J connectivity index is 1.89. The van der Waals surface area contributed by atoms with E-state index >= 15 is 0 Å². The summed E-state index contributed by atoms with van der Waals surface area (Å²) in [6.45, 7) is 0.570. The monoisotopic (exact) mass is 194 g/mol. The smallest absolute Gasteiger partial charge is 0.213 e. The van der Waals surface area contributed by atoms with E-state index in [9.17, 15) is 0 Å². The maximum atomic E-state index is 5.88. The molecule has 0 aromatic carbocycles. The van der Waals surface area contributed by atoms with Gasteiger partial charge in [0.05, 0.1) is 18.8 Å². The first-order valence-corrected chi connectivity index (χ1v) is 4.64.